The number of fused-ring (bicyclic) bond motifs is 2. The fourth-order valence-electron chi connectivity index (χ4n) is 3.55. The summed E-state index contributed by atoms with van der Waals surface area (Å²) in [6.45, 7) is 0.230. The van der Waals surface area contributed by atoms with Crippen molar-refractivity contribution in [1.29, 1.82) is 0 Å². The van der Waals surface area contributed by atoms with E-state index in [0.717, 1.165) is 37.8 Å². The summed E-state index contributed by atoms with van der Waals surface area (Å²) >= 11 is 0. The molecule has 5 nitrogen and oxygen atoms in total. The molecule has 1 aromatic rings. The molecule has 2 atom stereocenters. The number of ether oxygens (including phenoxy) is 3. The van der Waals surface area contributed by atoms with Gasteiger partial charge in [0.25, 0.3) is 0 Å². The first-order valence-electron chi connectivity index (χ1n) is 8.94. The van der Waals surface area contributed by atoms with Crippen LogP contribution < -0.4 is 0 Å². The number of rotatable bonds is 7. The molecule has 27 heavy (non-hydrogen) atoms. The molecule has 0 aliphatic heterocycles. The zero-order chi connectivity index (χ0) is 19.4. The molecule has 2 unspecified atom stereocenters. The zero-order valence-electron chi connectivity index (χ0n) is 15.1. The SMILES string of the molecule is COCCOCc1nc(C(F)(F)F)ccc1C(=O)OC1=CCC2CCC1C2. The third-order valence-electron chi connectivity index (χ3n) is 4.96. The van der Waals surface area contributed by atoms with Crippen LogP contribution in [0.1, 0.15) is 47.4 Å². The Labute approximate surface area is 155 Å². The number of carbonyl (C=O) groups excluding carboxylic acids is 1. The maximum Gasteiger partial charge on any atom is 0.433 e. The summed E-state index contributed by atoms with van der Waals surface area (Å²) in [5.41, 5.74) is -1.17. The lowest BCUT2D eigenvalue weighted by molar-refractivity contribution is -0.141. The number of pyridine rings is 1. The van der Waals surface area contributed by atoms with E-state index in [1.807, 2.05) is 6.08 Å². The van der Waals surface area contributed by atoms with E-state index in [1.165, 1.54) is 7.11 Å². The van der Waals surface area contributed by atoms with E-state index in [-0.39, 0.29) is 37.0 Å². The van der Waals surface area contributed by atoms with Crippen molar-refractivity contribution >= 4 is 5.97 Å². The van der Waals surface area contributed by atoms with Crippen molar-refractivity contribution < 1.29 is 32.2 Å². The molecule has 0 saturated heterocycles. The average molecular weight is 385 g/mol. The number of halogens is 3. The zero-order valence-corrected chi connectivity index (χ0v) is 15.1. The Hall–Kier alpha value is -1.93. The molecular formula is C19H22F3NO4. The minimum absolute atomic E-state index is 0.0126. The van der Waals surface area contributed by atoms with Crippen LogP contribution in [0.2, 0.25) is 0 Å². The summed E-state index contributed by atoms with van der Waals surface area (Å²) in [6.07, 6.45) is 1.28. The van der Waals surface area contributed by atoms with E-state index in [0.29, 0.717) is 11.7 Å². The molecular weight excluding hydrogens is 363 g/mol. The second-order valence-corrected chi connectivity index (χ2v) is 6.84. The van der Waals surface area contributed by atoms with E-state index < -0.39 is 17.8 Å². The highest BCUT2D eigenvalue weighted by molar-refractivity contribution is 5.91. The quantitative estimate of drug-likeness (QED) is 0.522. The lowest BCUT2D eigenvalue weighted by atomic mass is 9.94. The first kappa shape index (κ1) is 19.8. The van der Waals surface area contributed by atoms with Crippen molar-refractivity contribution in [3.63, 3.8) is 0 Å². The molecule has 2 bridgehead atoms. The lowest BCUT2D eigenvalue weighted by Crippen LogP contribution is -2.18. The molecule has 0 N–H and O–H groups in total. The number of carbonyl (C=O) groups is 1. The third kappa shape index (κ3) is 4.87. The molecule has 1 aromatic heterocycles. The predicted molar refractivity (Wildman–Crippen MR) is 89.7 cm³/mol. The van der Waals surface area contributed by atoms with Gasteiger partial charge in [-0.15, -0.1) is 0 Å². The molecule has 0 aromatic carbocycles. The topological polar surface area (TPSA) is 57.7 Å². The largest absolute Gasteiger partial charge is 0.433 e. The molecule has 0 spiro atoms. The second-order valence-electron chi connectivity index (χ2n) is 6.84. The summed E-state index contributed by atoms with van der Waals surface area (Å²) < 4.78 is 54.5. The Morgan fingerprint density at radius 1 is 1.26 bits per heavy atom. The molecule has 0 radical (unpaired) electrons. The summed E-state index contributed by atoms with van der Waals surface area (Å²) in [5.74, 6) is 0.796. The van der Waals surface area contributed by atoms with E-state index in [2.05, 4.69) is 4.98 Å². The van der Waals surface area contributed by atoms with Gasteiger partial charge in [0, 0.05) is 13.0 Å². The molecule has 1 fully saturated rings. The molecule has 2 aliphatic carbocycles. The van der Waals surface area contributed by atoms with Crippen LogP contribution in [0.25, 0.3) is 0 Å². The van der Waals surface area contributed by atoms with E-state index in [1.54, 1.807) is 0 Å². The highest BCUT2D eigenvalue weighted by Crippen LogP contribution is 2.42. The molecule has 0 amide bonds. The van der Waals surface area contributed by atoms with Gasteiger partial charge in [0.2, 0.25) is 0 Å². The second kappa shape index (κ2) is 8.39. The molecule has 2 aliphatic rings. The van der Waals surface area contributed by atoms with Crippen molar-refractivity contribution in [2.45, 2.75) is 38.5 Å². The number of allylic oxidation sites excluding steroid dienone is 2. The van der Waals surface area contributed by atoms with Crippen molar-refractivity contribution in [2.24, 2.45) is 11.8 Å². The average Bonchev–Trinajstić information content (AvgIpc) is 3.02. The lowest BCUT2D eigenvalue weighted by Gasteiger charge is -2.20. The van der Waals surface area contributed by atoms with Gasteiger partial charge in [0.15, 0.2) is 0 Å². The Bertz CT molecular complexity index is 717. The molecule has 148 valence electrons. The van der Waals surface area contributed by atoms with Gasteiger partial charge in [-0.2, -0.15) is 13.2 Å². The number of nitrogens with zero attached hydrogens (tertiary/aromatic N) is 1. The van der Waals surface area contributed by atoms with Gasteiger partial charge >= 0.3 is 12.1 Å². The number of alkyl halides is 3. The summed E-state index contributed by atoms with van der Waals surface area (Å²) in [4.78, 5) is 16.2. The van der Waals surface area contributed by atoms with Crippen LogP contribution in [0.3, 0.4) is 0 Å². The minimum Gasteiger partial charge on any atom is -0.427 e. The van der Waals surface area contributed by atoms with Crippen LogP contribution in [-0.2, 0) is 27.0 Å². The van der Waals surface area contributed by atoms with Gasteiger partial charge in [-0.25, -0.2) is 9.78 Å². The Balaban J connectivity index is 1.77. The number of aromatic nitrogens is 1. The predicted octanol–water partition coefficient (Wildman–Crippen LogP) is 4.12. The first-order valence-corrected chi connectivity index (χ1v) is 8.94. The highest BCUT2D eigenvalue weighted by atomic mass is 19.4. The van der Waals surface area contributed by atoms with E-state index in [4.69, 9.17) is 14.2 Å². The maximum absolute atomic E-state index is 13.0. The monoisotopic (exact) mass is 385 g/mol. The Kier molecular flexibility index (Phi) is 6.16. The van der Waals surface area contributed by atoms with E-state index in [9.17, 15) is 18.0 Å². The van der Waals surface area contributed by atoms with E-state index >= 15 is 0 Å². The van der Waals surface area contributed by atoms with Gasteiger partial charge in [-0.1, -0.05) is 0 Å². The highest BCUT2D eigenvalue weighted by Gasteiger charge is 2.35. The van der Waals surface area contributed by atoms with Gasteiger partial charge in [0.05, 0.1) is 31.1 Å². The number of hydrogen-bond donors (Lipinski definition) is 0. The summed E-state index contributed by atoms with van der Waals surface area (Å²) in [6, 6.07) is 1.89. The van der Waals surface area contributed by atoms with Crippen molar-refractivity contribution in [3.8, 4) is 0 Å². The number of esters is 1. The first-order chi connectivity index (χ1) is 12.9. The summed E-state index contributed by atoms with van der Waals surface area (Å²) in [5, 5.41) is 0. The summed E-state index contributed by atoms with van der Waals surface area (Å²) in [7, 11) is 1.49. The Morgan fingerprint density at radius 3 is 2.81 bits per heavy atom. The molecule has 1 saturated carbocycles. The van der Waals surface area contributed by atoms with Crippen molar-refractivity contribution in [3.05, 3.63) is 40.9 Å². The number of hydrogen-bond acceptors (Lipinski definition) is 5. The fourth-order valence-corrected chi connectivity index (χ4v) is 3.55. The third-order valence-corrected chi connectivity index (χ3v) is 4.96. The van der Waals surface area contributed by atoms with Gasteiger partial charge in [-0.05, 0) is 49.8 Å². The van der Waals surface area contributed by atoms with Crippen LogP contribution >= 0.6 is 0 Å². The van der Waals surface area contributed by atoms with Crippen molar-refractivity contribution in [2.75, 3.05) is 20.3 Å². The number of methoxy groups -OCH3 is 1. The molecule has 1 heterocycles. The van der Waals surface area contributed by atoms with Crippen LogP contribution in [0.15, 0.2) is 24.0 Å². The normalized spacial score (nSPS) is 21.9. The maximum atomic E-state index is 13.0. The van der Waals surface area contributed by atoms with Crippen molar-refractivity contribution in [1.82, 2.24) is 4.98 Å². The Morgan fingerprint density at radius 2 is 2.07 bits per heavy atom. The fraction of sp³-hybridized carbons (Fsp3) is 0.579. The molecule has 8 heteroatoms. The minimum atomic E-state index is -4.60. The van der Waals surface area contributed by atoms with Crippen LogP contribution in [0.5, 0.6) is 0 Å². The smallest absolute Gasteiger partial charge is 0.427 e. The standard InChI is InChI=1S/C19H22F3NO4/c1-25-8-9-26-11-15-14(5-7-17(23-15)19(20,21)22)18(24)27-16-6-3-12-2-4-13(16)10-12/h5-7,12-13H,2-4,8-11H2,1H3. The van der Waals surface area contributed by atoms with Gasteiger partial charge in [0.1, 0.15) is 11.5 Å². The van der Waals surface area contributed by atoms with Crippen LogP contribution in [0, 0.1) is 11.8 Å². The van der Waals surface area contributed by atoms with Gasteiger partial charge in [-0.3, -0.25) is 0 Å². The molecule has 3 rings (SSSR count). The van der Waals surface area contributed by atoms with Crippen LogP contribution in [-0.4, -0.2) is 31.3 Å². The van der Waals surface area contributed by atoms with Gasteiger partial charge < -0.3 is 14.2 Å². The van der Waals surface area contributed by atoms with Crippen LogP contribution in [0.4, 0.5) is 13.2 Å².